The van der Waals surface area contributed by atoms with Gasteiger partial charge in [0.25, 0.3) is 0 Å². The second-order valence-electron chi connectivity index (χ2n) is 2.30. The zero-order chi connectivity index (χ0) is 8.10. The van der Waals surface area contributed by atoms with Gasteiger partial charge in [0.1, 0.15) is 0 Å². The van der Waals surface area contributed by atoms with Crippen LogP contribution < -0.4 is 0 Å². The average molecular weight is 192 g/mol. The number of ether oxygens (including phenoxy) is 1. The lowest BCUT2D eigenvalue weighted by Gasteiger charge is -2.19. The van der Waals surface area contributed by atoms with Crippen LogP contribution in [0, 0.1) is 0 Å². The van der Waals surface area contributed by atoms with E-state index in [2.05, 4.69) is 4.74 Å². The summed E-state index contributed by atoms with van der Waals surface area (Å²) in [5.74, 6) is 2.29. The molecule has 1 heterocycles. The van der Waals surface area contributed by atoms with Gasteiger partial charge in [0.2, 0.25) is 0 Å². The molecule has 64 valence electrons. The van der Waals surface area contributed by atoms with E-state index < -0.39 is 0 Å². The van der Waals surface area contributed by atoms with Gasteiger partial charge >= 0.3 is 5.97 Å². The molecule has 0 N–H and O–H groups in total. The molecule has 0 saturated carbocycles. The fourth-order valence-electron chi connectivity index (χ4n) is 0.874. The third-order valence-electron chi connectivity index (χ3n) is 1.46. The van der Waals surface area contributed by atoms with Crippen molar-refractivity contribution < 1.29 is 9.53 Å². The Morgan fingerprint density at radius 2 is 2.18 bits per heavy atom. The summed E-state index contributed by atoms with van der Waals surface area (Å²) in [4.78, 5) is 10.8. The first-order valence-electron chi connectivity index (χ1n) is 3.63. The van der Waals surface area contributed by atoms with Crippen molar-refractivity contribution in [3.63, 3.8) is 0 Å². The Morgan fingerprint density at radius 1 is 1.55 bits per heavy atom. The topological polar surface area (TPSA) is 26.3 Å². The monoisotopic (exact) mass is 192 g/mol. The standard InChI is InChI=1S/C7H12O2S2/c1-9-6(8)5-7-10-3-2-4-11-7/h7H,2-5H2,1H3. The van der Waals surface area contributed by atoms with Crippen LogP contribution >= 0.6 is 23.5 Å². The Morgan fingerprint density at radius 3 is 2.73 bits per heavy atom. The molecule has 0 radical (unpaired) electrons. The molecule has 4 heteroatoms. The summed E-state index contributed by atoms with van der Waals surface area (Å²) in [7, 11) is 1.44. The van der Waals surface area contributed by atoms with E-state index in [0.29, 0.717) is 11.0 Å². The van der Waals surface area contributed by atoms with E-state index in [1.165, 1.54) is 25.0 Å². The smallest absolute Gasteiger partial charge is 0.307 e. The number of thioether (sulfide) groups is 2. The number of carbonyl (C=O) groups excluding carboxylic acids is 1. The first-order valence-corrected chi connectivity index (χ1v) is 5.72. The van der Waals surface area contributed by atoms with Crippen molar-refractivity contribution in [2.24, 2.45) is 0 Å². The number of hydrogen-bond acceptors (Lipinski definition) is 4. The van der Waals surface area contributed by atoms with E-state index in [1.54, 1.807) is 0 Å². The highest BCUT2D eigenvalue weighted by Crippen LogP contribution is 2.32. The third-order valence-corrected chi connectivity index (χ3v) is 4.40. The van der Waals surface area contributed by atoms with Crippen molar-refractivity contribution >= 4 is 29.5 Å². The Kier molecular flexibility index (Phi) is 4.15. The molecule has 0 aromatic heterocycles. The summed E-state index contributed by atoms with van der Waals surface area (Å²) in [5, 5.41) is 0. The van der Waals surface area contributed by atoms with Crippen molar-refractivity contribution in [1.82, 2.24) is 0 Å². The van der Waals surface area contributed by atoms with Gasteiger partial charge in [0.05, 0.1) is 18.1 Å². The van der Waals surface area contributed by atoms with Crippen molar-refractivity contribution in [2.45, 2.75) is 17.4 Å². The molecule has 0 bridgehead atoms. The molecule has 0 aliphatic carbocycles. The van der Waals surface area contributed by atoms with Crippen molar-refractivity contribution in [3.8, 4) is 0 Å². The van der Waals surface area contributed by atoms with E-state index in [4.69, 9.17) is 0 Å². The van der Waals surface area contributed by atoms with Gasteiger partial charge in [-0.3, -0.25) is 4.79 Å². The number of rotatable bonds is 2. The molecule has 11 heavy (non-hydrogen) atoms. The minimum absolute atomic E-state index is 0.0862. The number of esters is 1. The van der Waals surface area contributed by atoms with Crippen LogP contribution in [0.4, 0.5) is 0 Å². The quantitative estimate of drug-likeness (QED) is 0.623. The van der Waals surface area contributed by atoms with Crippen LogP contribution in [0.5, 0.6) is 0 Å². The first kappa shape index (κ1) is 9.26. The predicted octanol–water partition coefficient (Wildman–Crippen LogP) is 1.75. The van der Waals surface area contributed by atoms with Crippen LogP contribution in [0.3, 0.4) is 0 Å². The van der Waals surface area contributed by atoms with Gasteiger partial charge in [-0.15, -0.1) is 23.5 Å². The van der Waals surface area contributed by atoms with Crippen LogP contribution in [0.2, 0.25) is 0 Å². The summed E-state index contributed by atoms with van der Waals surface area (Å²) < 4.78 is 5.03. The summed E-state index contributed by atoms with van der Waals surface area (Å²) in [6.07, 6.45) is 1.83. The van der Waals surface area contributed by atoms with Crippen molar-refractivity contribution in [2.75, 3.05) is 18.6 Å². The van der Waals surface area contributed by atoms with Gasteiger partial charge in [-0.05, 0) is 17.9 Å². The van der Waals surface area contributed by atoms with Crippen LogP contribution in [-0.4, -0.2) is 29.2 Å². The molecule has 0 spiro atoms. The highest BCUT2D eigenvalue weighted by molar-refractivity contribution is 8.17. The summed E-state index contributed by atoms with van der Waals surface area (Å²) in [6, 6.07) is 0. The summed E-state index contributed by atoms with van der Waals surface area (Å²) in [6.45, 7) is 0. The predicted molar refractivity (Wildman–Crippen MR) is 50.0 cm³/mol. The van der Waals surface area contributed by atoms with E-state index in [-0.39, 0.29) is 5.97 Å². The number of carbonyl (C=O) groups is 1. The molecular weight excluding hydrogens is 180 g/mol. The summed E-state index contributed by atoms with van der Waals surface area (Å²) >= 11 is 3.74. The van der Waals surface area contributed by atoms with Crippen LogP contribution in [0.15, 0.2) is 0 Å². The van der Waals surface area contributed by atoms with E-state index >= 15 is 0 Å². The van der Waals surface area contributed by atoms with E-state index in [9.17, 15) is 4.79 Å². The molecule has 0 amide bonds. The summed E-state index contributed by atoms with van der Waals surface area (Å²) in [5.41, 5.74) is 0. The molecule has 1 aliphatic heterocycles. The number of methoxy groups -OCH3 is 1. The van der Waals surface area contributed by atoms with Gasteiger partial charge in [0, 0.05) is 0 Å². The maximum atomic E-state index is 10.8. The average Bonchev–Trinajstić information content (AvgIpc) is 2.06. The molecule has 1 fully saturated rings. The molecule has 0 aromatic rings. The van der Waals surface area contributed by atoms with Gasteiger partial charge in [-0.1, -0.05) is 0 Å². The van der Waals surface area contributed by atoms with Gasteiger partial charge in [0.15, 0.2) is 0 Å². The Bertz CT molecular complexity index is 132. The van der Waals surface area contributed by atoms with Crippen LogP contribution in [0.25, 0.3) is 0 Å². The molecule has 0 aromatic carbocycles. The molecule has 1 rings (SSSR count). The Balaban J connectivity index is 2.19. The van der Waals surface area contributed by atoms with Crippen molar-refractivity contribution in [1.29, 1.82) is 0 Å². The maximum Gasteiger partial charge on any atom is 0.307 e. The molecular formula is C7H12O2S2. The first-order chi connectivity index (χ1) is 5.33. The lowest BCUT2D eigenvalue weighted by molar-refractivity contribution is -0.140. The molecule has 2 nitrogen and oxygen atoms in total. The second kappa shape index (κ2) is 4.93. The van der Waals surface area contributed by atoms with Crippen molar-refractivity contribution in [3.05, 3.63) is 0 Å². The maximum absolute atomic E-state index is 10.8. The largest absolute Gasteiger partial charge is 0.469 e. The molecule has 1 saturated heterocycles. The van der Waals surface area contributed by atoms with E-state index in [0.717, 1.165) is 0 Å². The minimum atomic E-state index is -0.0862. The van der Waals surface area contributed by atoms with Gasteiger partial charge in [-0.25, -0.2) is 0 Å². The molecule has 0 unspecified atom stereocenters. The lowest BCUT2D eigenvalue weighted by atomic mass is 10.5. The van der Waals surface area contributed by atoms with Gasteiger partial charge in [-0.2, -0.15) is 0 Å². The van der Waals surface area contributed by atoms with Crippen LogP contribution in [0.1, 0.15) is 12.8 Å². The minimum Gasteiger partial charge on any atom is -0.469 e. The third kappa shape index (κ3) is 3.38. The second-order valence-corrected chi connectivity index (χ2v) is 5.22. The normalized spacial score (nSPS) is 19.7. The zero-order valence-electron chi connectivity index (χ0n) is 6.54. The Labute approximate surface area is 75.4 Å². The molecule has 1 aliphatic rings. The van der Waals surface area contributed by atoms with Gasteiger partial charge < -0.3 is 4.74 Å². The SMILES string of the molecule is COC(=O)CC1SCCCS1. The fraction of sp³-hybridized carbons (Fsp3) is 0.857. The van der Waals surface area contributed by atoms with E-state index in [1.807, 2.05) is 23.5 Å². The molecule has 0 atom stereocenters. The lowest BCUT2D eigenvalue weighted by Crippen LogP contribution is -2.13. The zero-order valence-corrected chi connectivity index (χ0v) is 8.17. The Hall–Kier alpha value is 0.170. The highest BCUT2D eigenvalue weighted by Gasteiger charge is 2.17. The fourth-order valence-corrected chi connectivity index (χ4v) is 3.67. The number of hydrogen-bond donors (Lipinski definition) is 0. The highest BCUT2D eigenvalue weighted by atomic mass is 32.2. The van der Waals surface area contributed by atoms with Crippen LogP contribution in [-0.2, 0) is 9.53 Å².